The van der Waals surface area contributed by atoms with Gasteiger partial charge in [0.2, 0.25) is 0 Å². The molecule has 0 aromatic carbocycles. The van der Waals surface area contributed by atoms with Crippen molar-refractivity contribution < 1.29 is 65.3 Å². The second-order valence-electron chi connectivity index (χ2n) is 12.0. The summed E-state index contributed by atoms with van der Waals surface area (Å²) in [7, 11) is 0. The van der Waals surface area contributed by atoms with Gasteiger partial charge in [0.1, 0.15) is 65.9 Å². The first-order valence-corrected chi connectivity index (χ1v) is 17.3. The van der Waals surface area contributed by atoms with Gasteiger partial charge in [-0.1, -0.05) is 35.0 Å². The fourth-order valence-corrected chi connectivity index (χ4v) is 6.93. The van der Waals surface area contributed by atoms with Crippen LogP contribution in [0.5, 0.6) is 0 Å². The quantitative estimate of drug-likeness (QED) is 0.138. The van der Waals surface area contributed by atoms with Crippen LogP contribution in [-0.4, -0.2) is 148 Å². The molecule has 5 rings (SSSR count). The zero-order valence-corrected chi connectivity index (χ0v) is 29.8. The largest absolute Gasteiger partial charge is 0.542 e. The maximum absolute atomic E-state index is 10.5. The minimum atomic E-state index is -5.19. The number of hydrogen-bond acceptors (Lipinski definition) is 13. The molecule has 0 amide bonds. The highest BCUT2D eigenvalue weighted by Gasteiger charge is 2.46. The Morgan fingerprint density at radius 3 is 1.35 bits per heavy atom. The van der Waals surface area contributed by atoms with E-state index >= 15 is 0 Å². The van der Waals surface area contributed by atoms with E-state index in [0.29, 0.717) is 32.4 Å². The fourth-order valence-electron chi connectivity index (χ4n) is 6.03. The van der Waals surface area contributed by atoms with Crippen molar-refractivity contribution in [2.24, 2.45) is 0 Å². The topological polar surface area (TPSA) is 179 Å². The first kappa shape index (κ1) is 42.5. The van der Waals surface area contributed by atoms with Gasteiger partial charge in [-0.3, -0.25) is 0 Å². The Labute approximate surface area is 302 Å². The molecule has 2 aromatic rings. The molecule has 2 spiro atoms. The molecule has 51 heavy (non-hydrogen) atoms. The predicted molar refractivity (Wildman–Crippen MR) is 168 cm³/mol. The lowest BCUT2D eigenvalue weighted by molar-refractivity contribution is -1.03. The number of carbonyl (C=O) groups is 2. The number of aliphatic hydroxyl groups is 2. The van der Waals surface area contributed by atoms with E-state index in [0.717, 1.165) is 73.0 Å². The summed E-state index contributed by atoms with van der Waals surface area (Å²) in [5.41, 5.74) is 1.25. The predicted octanol–water partition coefficient (Wildman–Crippen LogP) is 0.173. The van der Waals surface area contributed by atoms with E-state index in [2.05, 4.69) is 29.7 Å². The summed E-state index contributed by atoms with van der Waals surface area (Å²) in [5.74, 6) is -3.81. The number of nitrogens with zero attached hydrogens (tertiary/aromatic N) is 8. The maximum Gasteiger partial charge on any atom is 0.430 e. The van der Waals surface area contributed by atoms with Crippen molar-refractivity contribution in [2.45, 2.75) is 37.6 Å². The van der Waals surface area contributed by atoms with Crippen LogP contribution in [-0.2, 0) is 22.8 Å². The smallest absolute Gasteiger partial charge is 0.430 e. The Bertz CT molecular complexity index is 1510. The minimum absolute atomic E-state index is 0.151. The number of aromatic nitrogens is 4. The Balaban J connectivity index is 0.000000424. The molecule has 0 unspecified atom stereocenters. The van der Waals surface area contributed by atoms with Gasteiger partial charge in [-0.15, -0.1) is 0 Å². The van der Waals surface area contributed by atoms with Crippen molar-refractivity contribution in [3.8, 4) is 0 Å². The van der Waals surface area contributed by atoms with Gasteiger partial charge >= 0.3 is 12.4 Å². The molecular weight excluding hydrogens is 761 g/mol. The summed E-state index contributed by atoms with van der Waals surface area (Å²) in [6, 6.07) is 0. The van der Waals surface area contributed by atoms with Crippen LogP contribution in [0.4, 0.5) is 38.0 Å². The van der Waals surface area contributed by atoms with Crippen molar-refractivity contribution >= 4 is 58.5 Å². The third-order valence-electron chi connectivity index (χ3n) is 9.00. The zero-order chi connectivity index (χ0) is 38.4. The van der Waals surface area contributed by atoms with Crippen LogP contribution in [0.15, 0.2) is 5.16 Å². The fraction of sp³-hybridized carbons (Fsp3) is 0.643. The summed E-state index contributed by atoms with van der Waals surface area (Å²) in [4.78, 5) is 39.9. The summed E-state index contributed by atoms with van der Waals surface area (Å²) < 4.78 is 65.4. The second kappa shape index (κ2) is 17.3. The molecule has 0 bridgehead atoms. The number of aryl methyl sites for hydroxylation is 1. The summed E-state index contributed by atoms with van der Waals surface area (Å²) >= 11 is 14.1. The molecule has 23 heteroatoms. The average molecular weight is 798 g/mol. The molecule has 5 heterocycles. The monoisotopic (exact) mass is 796 g/mol. The number of rotatable bonds is 5. The number of alkyl halides is 6. The lowest BCUT2D eigenvalue weighted by atomic mass is 10.1. The van der Waals surface area contributed by atoms with Gasteiger partial charge in [-0.2, -0.15) is 26.3 Å². The van der Waals surface area contributed by atoms with Gasteiger partial charge in [0.15, 0.2) is 5.16 Å². The molecule has 0 saturated carbocycles. The summed E-state index contributed by atoms with van der Waals surface area (Å²) in [6.07, 6.45) is -8.45. The van der Waals surface area contributed by atoms with Gasteiger partial charge in [-0.25, -0.2) is 19.9 Å². The van der Waals surface area contributed by atoms with Gasteiger partial charge < -0.3 is 48.8 Å². The van der Waals surface area contributed by atoms with E-state index in [9.17, 15) is 36.6 Å². The molecule has 3 aliphatic heterocycles. The lowest BCUT2D eigenvalue weighted by Gasteiger charge is -2.54. The molecule has 3 aliphatic rings. The van der Waals surface area contributed by atoms with Crippen LogP contribution in [0.2, 0.25) is 10.3 Å². The third kappa shape index (κ3) is 11.0. The molecule has 286 valence electrons. The van der Waals surface area contributed by atoms with Gasteiger partial charge in [0, 0.05) is 0 Å². The van der Waals surface area contributed by atoms with Crippen molar-refractivity contribution in [3.63, 3.8) is 0 Å². The Kier molecular flexibility index (Phi) is 14.4. The second-order valence-corrected chi connectivity index (χ2v) is 13.5. The van der Waals surface area contributed by atoms with Gasteiger partial charge in [0.05, 0.1) is 76.7 Å². The third-order valence-corrected chi connectivity index (χ3v) is 10.2. The van der Waals surface area contributed by atoms with E-state index in [4.69, 9.17) is 43.0 Å². The highest BCUT2D eigenvalue weighted by atomic mass is 35.5. The van der Waals surface area contributed by atoms with Crippen molar-refractivity contribution in [1.29, 1.82) is 0 Å². The van der Waals surface area contributed by atoms with Crippen molar-refractivity contribution in [1.82, 2.24) is 19.9 Å². The lowest BCUT2D eigenvalue weighted by Crippen LogP contribution is -2.73. The highest BCUT2D eigenvalue weighted by Crippen LogP contribution is 2.32. The summed E-state index contributed by atoms with van der Waals surface area (Å²) in [5, 5.41) is 38.6. The number of carboxylic acid groups (broad SMARTS) is 2. The number of carbonyl (C=O) groups excluding carboxylic acids is 2. The highest BCUT2D eigenvalue weighted by molar-refractivity contribution is 7.98. The molecule has 0 radical (unpaired) electrons. The summed E-state index contributed by atoms with van der Waals surface area (Å²) in [6.45, 7) is 14.2. The van der Waals surface area contributed by atoms with Crippen molar-refractivity contribution in [2.75, 3.05) is 94.6 Å². The molecule has 2 N–H and O–H groups in total. The number of anilines is 2. The number of thioether (sulfide) groups is 1. The molecule has 0 atom stereocenters. The molecule has 3 fully saturated rings. The Morgan fingerprint density at radius 2 is 1.04 bits per heavy atom. The van der Waals surface area contributed by atoms with Crippen LogP contribution < -0.4 is 20.0 Å². The Morgan fingerprint density at radius 1 is 0.706 bits per heavy atom. The average Bonchev–Trinajstić information content (AvgIpc) is 3.06. The number of piperazine rings is 3. The number of quaternary nitrogens is 2. The number of hydrogen-bond donors (Lipinski definition) is 2. The molecule has 2 aromatic heterocycles. The molecule has 14 nitrogen and oxygen atoms in total. The first-order valence-electron chi connectivity index (χ1n) is 15.3. The van der Waals surface area contributed by atoms with Crippen LogP contribution in [0.3, 0.4) is 0 Å². The van der Waals surface area contributed by atoms with Crippen LogP contribution in [0.1, 0.15) is 17.0 Å². The standard InChI is InChI=1S/C24H36Cl2N8O2S.2C2HF3O2/c1-17-27-20(25)18(15-35)22(28-17)31-3-7-33(8-4-31)11-13-34(14-12-33)9-5-32(6-10-34)23-19(16-36)21(26)29-24(30-23)37-2;2*3-2(4,5)1(6)7/h35-36H,3-16H2,1-2H3;2*(H,6,7)/q+2;;/p-2. The van der Waals surface area contributed by atoms with E-state index < -0.39 is 24.3 Å². The SMILES string of the molecule is CSc1nc(Cl)c(CO)c(N2CC[N+]3(CC2)CC[N+]2(CCN(c4nc(C)nc(Cl)c4CO)CC2)CC3)n1.O=C([O-])C(F)(F)F.O=C([O-])C(F)(F)F. The van der Waals surface area contributed by atoms with Crippen LogP contribution in [0.25, 0.3) is 0 Å². The van der Waals surface area contributed by atoms with E-state index in [1.165, 1.54) is 37.9 Å². The normalized spacial score (nSPS) is 18.4. The molecule has 3 saturated heterocycles. The number of carboxylic acids is 2. The van der Waals surface area contributed by atoms with Crippen molar-refractivity contribution in [3.05, 3.63) is 27.3 Å². The van der Waals surface area contributed by atoms with Gasteiger partial charge in [-0.05, 0) is 13.2 Å². The number of aliphatic hydroxyl groups excluding tert-OH is 2. The van der Waals surface area contributed by atoms with Crippen LogP contribution >= 0.6 is 35.0 Å². The molecule has 0 aliphatic carbocycles. The van der Waals surface area contributed by atoms with E-state index in [1.54, 1.807) is 0 Å². The zero-order valence-electron chi connectivity index (χ0n) is 27.4. The first-order chi connectivity index (χ1) is 23.7. The van der Waals surface area contributed by atoms with Gasteiger partial charge in [0.25, 0.3) is 0 Å². The number of halogens is 8. The Hall–Kier alpha value is -2.95. The number of aliphatic carboxylic acids is 2. The van der Waals surface area contributed by atoms with E-state index in [-0.39, 0.29) is 13.2 Å². The minimum Gasteiger partial charge on any atom is -0.542 e. The van der Waals surface area contributed by atoms with Crippen LogP contribution in [0, 0.1) is 6.92 Å². The maximum atomic E-state index is 10.5. The molecular formula is C28H36Cl2F6N8O6S. The van der Waals surface area contributed by atoms with E-state index in [1.807, 2.05) is 13.2 Å².